The van der Waals surface area contributed by atoms with E-state index in [0.29, 0.717) is 18.8 Å². The average Bonchev–Trinajstić information content (AvgIpc) is 3.36. The van der Waals surface area contributed by atoms with Crippen LogP contribution < -0.4 is 10.2 Å². The molecule has 4 rings (SSSR count). The van der Waals surface area contributed by atoms with Gasteiger partial charge in [-0.1, -0.05) is 43.5 Å². The van der Waals surface area contributed by atoms with E-state index >= 15 is 0 Å². The highest BCUT2D eigenvalue weighted by Crippen LogP contribution is 2.28. The fourth-order valence-corrected chi connectivity index (χ4v) is 6.16. The number of nitrogens with zero attached hydrogens (tertiary/aromatic N) is 2. The van der Waals surface area contributed by atoms with Crippen LogP contribution in [0, 0.1) is 0 Å². The van der Waals surface area contributed by atoms with E-state index < -0.39 is 10.0 Å². The number of benzene rings is 2. The Morgan fingerprint density at radius 1 is 0.935 bits per heavy atom. The van der Waals surface area contributed by atoms with Gasteiger partial charge in [0.2, 0.25) is 15.9 Å². The van der Waals surface area contributed by atoms with Crippen molar-refractivity contribution >= 4 is 27.3 Å². The number of amides is 1. The van der Waals surface area contributed by atoms with Crippen LogP contribution >= 0.6 is 0 Å². The first-order valence-corrected chi connectivity index (χ1v) is 12.7. The molecule has 0 atom stereocenters. The summed E-state index contributed by atoms with van der Waals surface area (Å²) in [5.41, 5.74) is 1.57. The van der Waals surface area contributed by atoms with Crippen molar-refractivity contribution in [2.45, 2.75) is 55.9 Å². The van der Waals surface area contributed by atoms with Gasteiger partial charge >= 0.3 is 0 Å². The van der Waals surface area contributed by atoms with E-state index in [2.05, 4.69) is 5.32 Å². The smallest absolute Gasteiger partial charge is 0.246 e. The first-order valence-electron chi connectivity index (χ1n) is 11.3. The minimum Gasteiger partial charge on any atom is -0.376 e. The predicted octanol–water partition coefficient (Wildman–Crippen LogP) is 4.25. The van der Waals surface area contributed by atoms with Gasteiger partial charge in [0.15, 0.2) is 0 Å². The van der Waals surface area contributed by atoms with E-state index in [0.717, 1.165) is 44.2 Å². The van der Waals surface area contributed by atoms with Crippen LogP contribution in [0.4, 0.5) is 11.4 Å². The van der Waals surface area contributed by atoms with Crippen molar-refractivity contribution in [2.24, 2.45) is 0 Å². The number of rotatable bonds is 7. The number of hydrogen-bond acceptors (Lipinski definition) is 4. The van der Waals surface area contributed by atoms with Crippen LogP contribution in [0.1, 0.15) is 44.9 Å². The van der Waals surface area contributed by atoms with Crippen molar-refractivity contribution in [1.29, 1.82) is 0 Å². The van der Waals surface area contributed by atoms with Gasteiger partial charge in [-0.3, -0.25) is 4.79 Å². The second kappa shape index (κ2) is 9.83. The van der Waals surface area contributed by atoms with Crippen molar-refractivity contribution < 1.29 is 13.2 Å². The van der Waals surface area contributed by atoms with Crippen molar-refractivity contribution in [3.8, 4) is 0 Å². The molecule has 1 saturated carbocycles. The standard InChI is InChI=1S/C24H31N3O3S/c28-24(27(21-11-3-1-4-12-21)22-13-5-2-6-14-22)19-25-20-10-9-15-23(18-20)31(29,30)26-16-7-8-17-26/h1,3-4,9-12,15,18,22,25H,2,5-8,13-14,16-17,19H2. The molecule has 0 aromatic heterocycles. The molecular weight excluding hydrogens is 410 g/mol. The highest BCUT2D eigenvalue weighted by atomic mass is 32.2. The van der Waals surface area contributed by atoms with Gasteiger partial charge in [0, 0.05) is 30.5 Å². The molecule has 0 radical (unpaired) electrons. The van der Waals surface area contributed by atoms with Gasteiger partial charge in [-0.2, -0.15) is 4.31 Å². The third-order valence-electron chi connectivity index (χ3n) is 6.22. The van der Waals surface area contributed by atoms with E-state index in [-0.39, 0.29) is 23.4 Å². The zero-order valence-electron chi connectivity index (χ0n) is 17.9. The van der Waals surface area contributed by atoms with Gasteiger partial charge in [0.1, 0.15) is 0 Å². The monoisotopic (exact) mass is 441 g/mol. The predicted molar refractivity (Wildman–Crippen MR) is 124 cm³/mol. The number of sulfonamides is 1. The molecule has 2 fully saturated rings. The molecular formula is C24H31N3O3S. The van der Waals surface area contributed by atoms with Crippen molar-refractivity contribution in [1.82, 2.24) is 4.31 Å². The summed E-state index contributed by atoms with van der Waals surface area (Å²) >= 11 is 0. The summed E-state index contributed by atoms with van der Waals surface area (Å²) in [5.74, 6) is 0.00547. The number of para-hydroxylation sites is 1. The molecule has 2 aromatic rings. The second-order valence-electron chi connectivity index (χ2n) is 8.38. The highest BCUT2D eigenvalue weighted by Gasteiger charge is 2.28. The van der Waals surface area contributed by atoms with Gasteiger partial charge in [0.05, 0.1) is 11.4 Å². The molecule has 1 N–H and O–H groups in total. The van der Waals surface area contributed by atoms with Gasteiger partial charge in [0.25, 0.3) is 0 Å². The molecule has 2 aliphatic rings. The molecule has 6 nitrogen and oxygen atoms in total. The Morgan fingerprint density at radius 3 is 2.35 bits per heavy atom. The Labute approximate surface area is 185 Å². The maximum atomic E-state index is 13.2. The van der Waals surface area contributed by atoms with Crippen LogP contribution in [-0.4, -0.2) is 44.3 Å². The molecule has 2 aromatic carbocycles. The van der Waals surface area contributed by atoms with Gasteiger partial charge < -0.3 is 10.2 Å². The normalized spacial score (nSPS) is 18.1. The topological polar surface area (TPSA) is 69.7 Å². The summed E-state index contributed by atoms with van der Waals surface area (Å²) in [6.07, 6.45) is 7.36. The van der Waals surface area contributed by atoms with Crippen LogP contribution in [-0.2, 0) is 14.8 Å². The highest BCUT2D eigenvalue weighted by molar-refractivity contribution is 7.89. The molecule has 7 heteroatoms. The number of anilines is 2. The lowest BCUT2D eigenvalue weighted by molar-refractivity contribution is -0.117. The van der Waals surface area contributed by atoms with Crippen LogP contribution in [0.2, 0.25) is 0 Å². The quantitative estimate of drug-likeness (QED) is 0.697. The van der Waals surface area contributed by atoms with Crippen LogP contribution in [0.25, 0.3) is 0 Å². The summed E-state index contributed by atoms with van der Waals surface area (Å²) in [6.45, 7) is 1.27. The summed E-state index contributed by atoms with van der Waals surface area (Å²) in [5, 5.41) is 3.16. The fourth-order valence-electron chi connectivity index (χ4n) is 4.59. The van der Waals surface area contributed by atoms with Gasteiger partial charge in [-0.05, 0) is 56.0 Å². The molecule has 1 aliphatic carbocycles. The van der Waals surface area contributed by atoms with Crippen molar-refractivity contribution in [2.75, 3.05) is 29.9 Å². The van der Waals surface area contributed by atoms with E-state index in [1.54, 1.807) is 18.2 Å². The summed E-state index contributed by atoms with van der Waals surface area (Å²) < 4.78 is 27.2. The molecule has 0 unspecified atom stereocenters. The Balaban J connectivity index is 1.48. The summed E-state index contributed by atoms with van der Waals surface area (Å²) in [7, 11) is -3.48. The number of nitrogens with one attached hydrogen (secondary N) is 1. The zero-order chi connectivity index (χ0) is 21.7. The lowest BCUT2D eigenvalue weighted by Crippen LogP contribution is -2.44. The first kappa shape index (κ1) is 21.8. The van der Waals surface area contributed by atoms with E-state index in [1.165, 1.54) is 10.7 Å². The lowest BCUT2D eigenvalue weighted by Gasteiger charge is -2.34. The van der Waals surface area contributed by atoms with E-state index in [4.69, 9.17) is 0 Å². The van der Waals surface area contributed by atoms with Crippen molar-refractivity contribution in [3.63, 3.8) is 0 Å². The van der Waals surface area contributed by atoms with Gasteiger partial charge in [-0.25, -0.2) is 8.42 Å². The maximum Gasteiger partial charge on any atom is 0.246 e. The number of carbonyl (C=O) groups is 1. The van der Waals surface area contributed by atoms with E-state index in [9.17, 15) is 13.2 Å². The SMILES string of the molecule is O=C(CNc1cccc(S(=O)(=O)N2CCCC2)c1)N(c1ccccc1)C1CCCCC1. The van der Waals surface area contributed by atoms with Crippen molar-refractivity contribution in [3.05, 3.63) is 54.6 Å². The maximum absolute atomic E-state index is 13.2. The molecule has 1 heterocycles. The molecule has 166 valence electrons. The van der Waals surface area contributed by atoms with Crippen LogP contribution in [0.15, 0.2) is 59.5 Å². The molecule has 0 bridgehead atoms. The molecule has 31 heavy (non-hydrogen) atoms. The molecule has 0 spiro atoms. The third kappa shape index (κ3) is 5.10. The third-order valence-corrected chi connectivity index (χ3v) is 8.12. The Morgan fingerprint density at radius 2 is 1.65 bits per heavy atom. The number of hydrogen-bond donors (Lipinski definition) is 1. The Bertz CT molecular complexity index is 982. The molecule has 1 aliphatic heterocycles. The largest absolute Gasteiger partial charge is 0.376 e. The van der Waals surface area contributed by atoms with E-state index in [1.807, 2.05) is 41.3 Å². The summed E-state index contributed by atoms with van der Waals surface area (Å²) in [6, 6.07) is 16.8. The number of carbonyl (C=O) groups excluding carboxylic acids is 1. The lowest BCUT2D eigenvalue weighted by atomic mass is 9.93. The van der Waals surface area contributed by atoms with Gasteiger partial charge in [-0.15, -0.1) is 0 Å². The Hall–Kier alpha value is -2.38. The second-order valence-corrected chi connectivity index (χ2v) is 10.3. The molecule has 1 saturated heterocycles. The zero-order valence-corrected chi connectivity index (χ0v) is 18.7. The van der Waals surface area contributed by atoms with Crippen LogP contribution in [0.3, 0.4) is 0 Å². The minimum atomic E-state index is -3.48. The van der Waals surface area contributed by atoms with Crippen LogP contribution in [0.5, 0.6) is 0 Å². The fraction of sp³-hybridized carbons (Fsp3) is 0.458. The average molecular weight is 442 g/mol. The first-order chi connectivity index (χ1) is 15.1. The Kier molecular flexibility index (Phi) is 6.92. The summed E-state index contributed by atoms with van der Waals surface area (Å²) in [4.78, 5) is 15.4. The minimum absolute atomic E-state index is 0.00547. The molecule has 1 amide bonds.